The number of carboxylic acid groups (broad SMARTS) is 1. The van der Waals surface area contributed by atoms with Crippen molar-refractivity contribution in [1.82, 2.24) is 4.98 Å². The largest absolute Gasteiger partial charge is 0.481 e. The molecule has 2 unspecified atom stereocenters. The van der Waals surface area contributed by atoms with Crippen molar-refractivity contribution in [1.29, 1.82) is 0 Å². The number of halogens is 1. The summed E-state index contributed by atoms with van der Waals surface area (Å²) in [6.45, 7) is 5.34. The molecule has 1 heterocycles. The van der Waals surface area contributed by atoms with Gasteiger partial charge >= 0.3 is 5.97 Å². The van der Waals surface area contributed by atoms with Crippen LogP contribution in [0.5, 0.6) is 0 Å². The zero-order valence-corrected chi connectivity index (χ0v) is 11.7. The van der Waals surface area contributed by atoms with Crippen LogP contribution >= 0.6 is 11.6 Å². The highest BCUT2D eigenvalue weighted by Crippen LogP contribution is 2.58. The van der Waals surface area contributed by atoms with Crippen LogP contribution in [0.3, 0.4) is 0 Å². The van der Waals surface area contributed by atoms with E-state index in [0.29, 0.717) is 5.69 Å². The van der Waals surface area contributed by atoms with Gasteiger partial charge in [-0.3, -0.25) is 9.59 Å². The van der Waals surface area contributed by atoms with Crippen molar-refractivity contribution in [3.63, 3.8) is 0 Å². The number of aromatic nitrogens is 1. The van der Waals surface area contributed by atoms with Crippen molar-refractivity contribution in [3.05, 3.63) is 23.0 Å². The van der Waals surface area contributed by atoms with Gasteiger partial charge in [-0.1, -0.05) is 25.4 Å². The molecule has 1 fully saturated rings. The van der Waals surface area contributed by atoms with E-state index in [0.717, 1.165) is 5.56 Å². The van der Waals surface area contributed by atoms with Gasteiger partial charge in [0, 0.05) is 6.20 Å². The highest BCUT2D eigenvalue weighted by molar-refractivity contribution is 6.32. The summed E-state index contributed by atoms with van der Waals surface area (Å²) < 4.78 is 0. The lowest BCUT2D eigenvalue weighted by Crippen LogP contribution is -2.18. The third-order valence-electron chi connectivity index (χ3n) is 3.74. The van der Waals surface area contributed by atoms with Crippen LogP contribution < -0.4 is 5.32 Å². The number of hydrogen-bond acceptors (Lipinski definition) is 3. The maximum atomic E-state index is 12.1. The first-order valence-corrected chi connectivity index (χ1v) is 6.29. The number of carboxylic acids is 1. The second kappa shape index (κ2) is 4.49. The molecule has 1 aliphatic rings. The van der Waals surface area contributed by atoms with Crippen molar-refractivity contribution in [3.8, 4) is 0 Å². The molecule has 19 heavy (non-hydrogen) atoms. The van der Waals surface area contributed by atoms with Crippen molar-refractivity contribution in [2.24, 2.45) is 17.3 Å². The summed E-state index contributed by atoms with van der Waals surface area (Å²) in [5, 5.41) is 12.0. The molecule has 0 spiro atoms. The van der Waals surface area contributed by atoms with Crippen LogP contribution in [0.15, 0.2) is 12.3 Å². The van der Waals surface area contributed by atoms with Crippen molar-refractivity contribution >= 4 is 29.2 Å². The SMILES string of the molecule is Cc1ccnc(Cl)c1NC(=O)C1C(C(=O)O)C1(C)C. The molecule has 1 amide bonds. The smallest absolute Gasteiger partial charge is 0.307 e. The predicted molar refractivity (Wildman–Crippen MR) is 71.0 cm³/mol. The van der Waals surface area contributed by atoms with E-state index < -0.39 is 23.2 Å². The number of hydrogen-bond donors (Lipinski definition) is 2. The molecule has 2 N–H and O–H groups in total. The van der Waals surface area contributed by atoms with E-state index in [2.05, 4.69) is 10.3 Å². The second-order valence-corrected chi connectivity index (χ2v) is 5.76. The fraction of sp³-hybridized carbons (Fsp3) is 0.462. The number of pyridine rings is 1. The summed E-state index contributed by atoms with van der Waals surface area (Å²) in [6.07, 6.45) is 1.55. The summed E-state index contributed by atoms with van der Waals surface area (Å²) in [5.41, 5.74) is 0.707. The lowest BCUT2D eigenvalue weighted by atomic mass is 10.1. The lowest BCUT2D eigenvalue weighted by molar-refractivity contribution is -0.140. The van der Waals surface area contributed by atoms with Crippen LogP contribution in [0.4, 0.5) is 5.69 Å². The molecule has 2 atom stereocenters. The highest BCUT2D eigenvalue weighted by Gasteiger charge is 2.65. The number of amides is 1. The van der Waals surface area contributed by atoms with Crippen LogP contribution in [-0.2, 0) is 9.59 Å². The molecule has 0 aromatic carbocycles. The monoisotopic (exact) mass is 282 g/mol. The van der Waals surface area contributed by atoms with Crippen molar-refractivity contribution in [2.75, 3.05) is 5.32 Å². The van der Waals surface area contributed by atoms with E-state index in [1.165, 1.54) is 0 Å². The van der Waals surface area contributed by atoms with Gasteiger partial charge in [-0.2, -0.15) is 0 Å². The zero-order valence-electron chi connectivity index (χ0n) is 10.9. The number of carbonyl (C=O) groups excluding carboxylic acids is 1. The third-order valence-corrected chi connectivity index (χ3v) is 4.02. The normalized spacial score (nSPS) is 23.8. The lowest BCUT2D eigenvalue weighted by Gasteiger charge is -2.09. The van der Waals surface area contributed by atoms with Gasteiger partial charge in [0.15, 0.2) is 5.15 Å². The molecular weight excluding hydrogens is 268 g/mol. The standard InChI is InChI=1S/C13H15ClN2O3/c1-6-4-5-15-10(14)9(6)16-11(17)7-8(12(18)19)13(7,2)3/h4-5,7-8H,1-3H3,(H,16,17)(H,18,19). The molecule has 0 aliphatic heterocycles. The number of aryl methyl sites for hydroxylation is 1. The van der Waals surface area contributed by atoms with Crippen molar-refractivity contribution in [2.45, 2.75) is 20.8 Å². The summed E-state index contributed by atoms with van der Waals surface area (Å²) in [4.78, 5) is 27.1. The topological polar surface area (TPSA) is 79.3 Å². The fourth-order valence-corrected chi connectivity index (χ4v) is 2.72. The first kappa shape index (κ1) is 13.8. The molecule has 1 saturated carbocycles. The van der Waals surface area contributed by atoms with Gasteiger partial charge < -0.3 is 10.4 Å². The number of rotatable bonds is 3. The van der Waals surface area contributed by atoms with Crippen LogP contribution in [0.2, 0.25) is 5.15 Å². The molecule has 0 bridgehead atoms. The average Bonchev–Trinajstić information content (AvgIpc) is 2.87. The van der Waals surface area contributed by atoms with Crippen LogP contribution in [0.1, 0.15) is 19.4 Å². The number of nitrogens with zero attached hydrogens (tertiary/aromatic N) is 1. The molecule has 1 aromatic rings. The molecular formula is C13H15ClN2O3. The summed E-state index contributed by atoms with van der Waals surface area (Å²) in [5.74, 6) is -2.46. The minimum absolute atomic E-state index is 0.207. The van der Waals surface area contributed by atoms with E-state index in [4.69, 9.17) is 16.7 Å². The van der Waals surface area contributed by atoms with Gasteiger partial charge in [0.1, 0.15) is 0 Å². The van der Waals surface area contributed by atoms with Crippen LogP contribution in [0, 0.1) is 24.2 Å². The van der Waals surface area contributed by atoms with E-state index in [1.54, 1.807) is 33.0 Å². The predicted octanol–water partition coefficient (Wildman–Crippen LogP) is 2.34. The Hall–Kier alpha value is -1.62. The number of anilines is 1. The second-order valence-electron chi connectivity index (χ2n) is 5.40. The number of nitrogens with one attached hydrogen (secondary N) is 1. The highest BCUT2D eigenvalue weighted by atomic mass is 35.5. The summed E-state index contributed by atoms with van der Waals surface area (Å²) in [6, 6.07) is 1.73. The molecule has 2 rings (SSSR count). The van der Waals surface area contributed by atoms with Gasteiger partial charge in [0.2, 0.25) is 5.91 Å². The van der Waals surface area contributed by atoms with Gasteiger partial charge in [0.25, 0.3) is 0 Å². The number of carbonyl (C=O) groups is 2. The third kappa shape index (κ3) is 2.30. The Morgan fingerprint density at radius 3 is 2.53 bits per heavy atom. The van der Waals surface area contributed by atoms with E-state index in [1.807, 2.05) is 0 Å². The Morgan fingerprint density at radius 1 is 1.42 bits per heavy atom. The fourth-order valence-electron chi connectivity index (χ4n) is 2.46. The molecule has 6 heteroatoms. The Bertz CT molecular complexity index is 537. The van der Waals surface area contributed by atoms with Crippen molar-refractivity contribution < 1.29 is 14.7 Å². The molecule has 1 aliphatic carbocycles. The Labute approximate surface area is 116 Å². The van der Waals surface area contributed by atoms with Crippen LogP contribution in [0.25, 0.3) is 0 Å². The van der Waals surface area contributed by atoms with E-state index in [9.17, 15) is 9.59 Å². The molecule has 1 aromatic heterocycles. The maximum absolute atomic E-state index is 12.1. The zero-order chi connectivity index (χ0) is 14.4. The van der Waals surface area contributed by atoms with E-state index >= 15 is 0 Å². The van der Waals surface area contributed by atoms with Gasteiger partial charge in [-0.05, 0) is 24.0 Å². The minimum atomic E-state index is -0.945. The molecule has 102 valence electrons. The van der Waals surface area contributed by atoms with Gasteiger partial charge in [0.05, 0.1) is 17.5 Å². The molecule has 0 saturated heterocycles. The molecule has 0 radical (unpaired) electrons. The Kier molecular flexibility index (Phi) is 3.26. The van der Waals surface area contributed by atoms with Gasteiger partial charge in [-0.25, -0.2) is 4.98 Å². The first-order valence-electron chi connectivity index (χ1n) is 5.91. The van der Waals surface area contributed by atoms with E-state index in [-0.39, 0.29) is 11.1 Å². The summed E-state index contributed by atoms with van der Waals surface area (Å²) >= 11 is 5.93. The Balaban J connectivity index is 2.18. The minimum Gasteiger partial charge on any atom is -0.481 e. The molecule has 5 nitrogen and oxygen atoms in total. The Morgan fingerprint density at radius 2 is 2.05 bits per heavy atom. The van der Waals surface area contributed by atoms with Crippen LogP contribution in [-0.4, -0.2) is 22.0 Å². The maximum Gasteiger partial charge on any atom is 0.307 e. The number of aliphatic carboxylic acids is 1. The van der Waals surface area contributed by atoms with Gasteiger partial charge in [-0.15, -0.1) is 0 Å². The first-order chi connectivity index (χ1) is 8.76. The quantitative estimate of drug-likeness (QED) is 0.834. The average molecular weight is 283 g/mol. The summed E-state index contributed by atoms with van der Waals surface area (Å²) in [7, 11) is 0.